The normalized spacial score (nSPS) is 10.1. The highest BCUT2D eigenvalue weighted by atomic mass is 19.1. The Balaban J connectivity index is 2.46. The zero-order valence-corrected chi connectivity index (χ0v) is 8.76. The molecule has 2 nitrogen and oxygen atoms in total. The van der Waals surface area contributed by atoms with E-state index in [4.69, 9.17) is 11.5 Å². The zero-order chi connectivity index (χ0) is 12.0. The summed E-state index contributed by atoms with van der Waals surface area (Å²) in [6.07, 6.45) is 6.56. The van der Waals surface area contributed by atoms with Crippen LogP contribution in [0.3, 0.4) is 0 Å². The van der Waals surface area contributed by atoms with E-state index in [2.05, 4.69) is 11.2 Å². The van der Waals surface area contributed by atoms with Crippen LogP contribution in [0.1, 0.15) is 18.4 Å². The molecule has 0 aliphatic carbocycles. The van der Waals surface area contributed by atoms with Crippen LogP contribution in [0.5, 0.6) is 5.75 Å². The fourth-order valence-electron chi connectivity index (χ4n) is 1.27. The van der Waals surface area contributed by atoms with Crippen molar-refractivity contribution in [3.8, 4) is 18.1 Å². The van der Waals surface area contributed by atoms with E-state index in [1.165, 1.54) is 0 Å². The van der Waals surface area contributed by atoms with Crippen molar-refractivity contribution in [1.29, 1.82) is 0 Å². The highest BCUT2D eigenvalue weighted by Gasteiger charge is 2.08. The molecular weight excluding hydrogens is 212 g/mol. The first-order chi connectivity index (χ1) is 7.65. The molecule has 0 aliphatic heterocycles. The van der Waals surface area contributed by atoms with Gasteiger partial charge >= 0.3 is 0 Å². The van der Waals surface area contributed by atoms with E-state index >= 15 is 0 Å². The number of aromatic hydroxyl groups is 1. The third kappa shape index (κ3) is 3.52. The second-order valence-corrected chi connectivity index (χ2v) is 3.39. The van der Waals surface area contributed by atoms with Crippen LogP contribution < -0.4 is 5.32 Å². The van der Waals surface area contributed by atoms with Gasteiger partial charge in [0, 0.05) is 13.0 Å². The SMILES string of the molecule is C#CCCCNCc1cc(F)c(O)c(F)c1. The van der Waals surface area contributed by atoms with Crippen LogP contribution in [0.25, 0.3) is 0 Å². The van der Waals surface area contributed by atoms with Crippen LogP contribution in [0.4, 0.5) is 8.78 Å². The van der Waals surface area contributed by atoms with E-state index in [-0.39, 0.29) is 0 Å². The second-order valence-electron chi connectivity index (χ2n) is 3.39. The summed E-state index contributed by atoms with van der Waals surface area (Å²) in [5.41, 5.74) is 0.452. The van der Waals surface area contributed by atoms with Gasteiger partial charge in [-0.25, -0.2) is 8.78 Å². The Morgan fingerprint density at radius 1 is 1.31 bits per heavy atom. The number of hydrogen-bond acceptors (Lipinski definition) is 2. The molecule has 86 valence electrons. The van der Waals surface area contributed by atoms with Gasteiger partial charge < -0.3 is 10.4 Å². The number of benzene rings is 1. The number of nitrogens with one attached hydrogen (secondary N) is 1. The molecule has 0 bridgehead atoms. The summed E-state index contributed by atoms with van der Waals surface area (Å²) in [7, 11) is 0. The maximum Gasteiger partial charge on any atom is 0.187 e. The molecule has 0 unspecified atom stereocenters. The number of rotatable bonds is 5. The van der Waals surface area contributed by atoms with Crippen LogP contribution in [-0.4, -0.2) is 11.7 Å². The van der Waals surface area contributed by atoms with Crippen molar-refractivity contribution in [2.75, 3.05) is 6.54 Å². The van der Waals surface area contributed by atoms with Gasteiger partial charge in [-0.2, -0.15) is 0 Å². The molecule has 16 heavy (non-hydrogen) atoms. The Morgan fingerprint density at radius 2 is 1.94 bits per heavy atom. The minimum Gasteiger partial charge on any atom is -0.503 e. The number of phenols is 1. The Morgan fingerprint density at radius 3 is 2.50 bits per heavy atom. The molecule has 0 radical (unpaired) electrons. The molecule has 4 heteroatoms. The summed E-state index contributed by atoms with van der Waals surface area (Å²) >= 11 is 0. The molecule has 0 heterocycles. The van der Waals surface area contributed by atoms with Gasteiger partial charge in [-0.15, -0.1) is 12.3 Å². The predicted molar refractivity (Wildman–Crippen MR) is 57.8 cm³/mol. The molecule has 0 aliphatic rings. The molecule has 0 fully saturated rings. The van der Waals surface area contributed by atoms with Crippen LogP contribution in [0.15, 0.2) is 12.1 Å². The van der Waals surface area contributed by atoms with Crippen molar-refractivity contribution < 1.29 is 13.9 Å². The smallest absolute Gasteiger partial charge is 0.187 e. The average Bonchev–Trinajstić information content (AvgIpc) is 2.25. The topological polar surface area (TPSA) is 32.3 Å². The summed E-state index contributed by atoms with van der Waals surface area (Å²) in [6.45, 7) is 1.03. The molecule has 0 aromatic heterocycles. The minimum absolute atomic E-state index is 0.346. The lowest BCUT2D eigenvalue weighted by atomic mass is 10.2. The summed E-state index contributed by atoms with van der Waals surface area (Å²) in [5, 5.41) is 11.9. The van der Waals surface area contributed by atoms with Crippen molar-refractivity contribution in [2.24, 2.45) is 0 Å². The zero-order valence-electron chi connectivity index (χ0n) is 8.76. The van der Waals surface area contributed by atoms with E-state index < -0.39 is 17.4 Å². The summed E-state index contributed by atoms with van der Waals surface area (Å²) < 4.78 is 25.9. The summed E-state index contributed by atoms with van der Waals surface area (Å²) in [6, 6.07) is 2.21. The first-order valence-corrected chi connectivity index (χ1v) is 4.96. The van der Waals surface area contributed by atoms with E-state index in [0.717, 1.165) is 18.6 Å². The Kier molecular flexibility index (Phi) is 4.74. The maximum atomic E-state index is 12.9. The van der Waals surface area contributed by atoms with Crippen molar-refractivity contribution in [3.05, 3.63) is 29.3 Å². The molecule has 0 spiro atoms. The van der Waals surface area contributed by atoms with E-state index in [0.29, 0.717) is 25.1 Å². The molecule has 0 saturated carbocycles. The predicted octanol–water partition coefficient (Wildman–Crippen LogP) is 2.17. The molecule has 1 aromatic rings. The highest BCUT2D eigenvalue weighted by Crippen LogP contribution is 2.21. The lowest BCUT2D eigenvalue weighted by molar-refractivity contribution is 0.395. The van der Waals surface area contributed by atoms with Gasteiger partial charge in [0.05, 0.1) is 0 Å². The van der Waals surface area contributed by atoms with Crippen LogP contribution in [-0.2, 0) is 6.54 Å². The number of hydrogen-bond donors (Lipinski definition) is 2. The molecular formula is C12H13F2NO. The monoisotopic (exact) mass is 225 g/mol. The Bertz CT molecular complexity index is 375. The van der Waals surface area contributed by atoms with Crippen LogP contribution >= 0.6 is 0 Å². The molecule has 0 saturated heterocycles. The second kappa shape index (κ2) is 6.09. The molecule has 0 amide bonds. The molecule has 1 aromatic carbocycles. The molecule has 0 atom stereocenters. The lowest BCUT2D eigenvalue weighted by Crippen LogP contribution is -2.14. The van der Waals surface area contributed by atoms with E-state index in [9.17, 15) is 8.78 Å². The first-order valence-electron chi connectivity index (χ1n) is 4.96. The third-order valence-electron chi connectivity index (χ3n) is 2.08. The fraction of sp³-hybridized carbons (Fsp3) is 0.333. The fourth-order valence-corrected chi connectivity index (χ4v) is 1.27. The Hall–Kier alpha value is -1.60. The average molecular weight is 225 g/mol. The van der Waals surface area contributed by atoms with Crippen LogP contribution in [0.2, 0.25) is 0 Å². The van der Waals surface area contributed by atoms with Crippen molar-refractivity contribution in [1.82, 2.24) is 5.32 Å². The maximum absolute atomic E-state index is 12.9. The van der Waals surface area contributed by atoms with Crippen molar-refractivity contribution >= 4 is 0 Å². The molecule has 1 rings (SSSR count). The summed E-state index contributed by atoms with van der Waals surface area (Å²) in [4.78, 5) is 0. The third-order valence-corrected chi connectivity index (χ3v) is 2.08. The van der Waals surface area contributed by atoms with Crippen molar-refractivity contribution in [3.63, 3.8) is 0 Å². The van der Waals surface area contributed by atoms with E-state index in [1.807, 2.05) is 0 Å². The van der Waals surface area contributed by atoms with Gasteiger partial charge in [0.2, 0.25) is 0 Å². The van der Waals surface area contributed by atoms with Crippen LogP contribution in [0, 0.1) is 24.0 Å². The van der Waals surface area contributed by atoms with Gasteiger partial charge in [0.15, 0.2) is 17.4 Å². The number of phenolic OH excluding ortho intramolecular Hbond substituents is 1. The van der Waals surface area contributed by atoms with Crippen molar-refractivity contribution in [2.45, 2.75) is 19.4 Å². The minimum atomic E-state index is -0.944. The first kappa shape index (κ1) is 12.5. The standard InChI is InChI=1S/C12H13F2NO/c1-2-3-4-5-15-8-9-6-10(13)12(16)11(14)7-9/h1,6-7,15-16H,3-5,8H2. The molecule has 2 N–H and O–H groups in total. The number of unbranched alkanes of at least 4 members (excludes halogenated alkanes) is 1. The van der Waals surface area contributed by atoms with E-state index in [1.54, 1.807) is 0 Å². The van der Waals surface area contributed by atoms with Gasteiger partial charge in [-0.05, 0) is 30.7 Å². The Labute approximate surface area is 93.3 Å². The van der Waals surface area contributed by atoms with Gasteiger partial charge in [0.25, 0.3) is 0 Å². The lowest BCUT2D eigenvalue weighted by Gasteiger charge is -2.05. The summed E-state index contributed by atoms with van der Waals surface area (Å²) in [5.74, 6) is -0.323. The highest BCUT2D eigenvalue weighted by molar-refractivity contribution is 5.29. The number of halogens is 2. The largest absolute Gasteiger partial charge is 0.503 e. The quantitative estimate of drug-likeness (QED) is 0.594. The number of terminal acetylenes is 1. The van der Waals surface area contributed by atoms with Gasteiger partial charge in [0.1, 0.15) is 0 Å². The van der Waals surface area contributed by atoms with Gasteiger partial charge in [-0.3, -0.25) is 0 Å². The van der Waals surface area contributed by atoms with Gasteiger partial charge in [-0.1, -0.05) is 0 Å².